The van der Waals surface area contributed by atoms with E-state index in [1.54, 1.807) is 0 Å². The summed E-state index contributed by atoms with van der Waals surface area (Å²) in [6.45, 7) is 0.215. The number of carbonyl (C=O) groups is 2. The van der Waals surface area contributed by atoms with Gasteiger partial charge in [0, 0.05) is 25.4 Å². The third-order valence-electron chi connectivity index (χ3n) is 2.42. The summed E-state index contributed by atoms with van der Waals surface area (Å²) < 4.78 is 0. The van der Waals surface area contributed by atoms with Crippen molar-refractivity contribution >= 4 is 29.2 Å². The third-order valence-corrected chi connectivity index (χ3v) is 2.69. The summed E-state index contributed by atoms with van der Waals surface area (Å²) in [6, 6.07) is 0. The van der Waals surface area contributed by atoms with E-state index in [9.17, 15) is 9.59 Å². The zero-order chi connectivity index (χ0) is 11.7. The van der Waals surface area contributed by atoms with Crippen molar-refractivity contribution in [1.29, 1.82) is 0 Å². The lowest BCUT2D eigenvalue weighted by Gasteiger charge is -2.15. The molecule has 0 aromatic carbocycles. The van der Waals surface area contributed by atoms with E-state index in [4.69, 9.17) is 17.3 Å². The van der Waals surface area contributed by atoms with Crippen LogP contribution >= 0.6 is 11.6 Å². The predicted octanol–water partition coefficient (Wildman–Crippen LogP) is -0.0318. The molecule has 2 N–H and O–H groups in total. The molecule has 1 atom stereocenters. The molecule has 1 aliphatic rings. The molecule has 0 radical (unpaired) electrons. The molecule has 1 aromatic rings. The number of hydrogen-bond donors (Lipinski definition) is 1. The fourth-order valence-corrected chi connectivity index (χ4v) is 1.80. The maximum absolute atomic E-state index is 11.6. The molecule has 1 fully saturated rings. The van der Waals surface area contributed by atoms with Crippen molar-refractivity contribution in [3.8, 4) is 0 Å². The highest BCUT2D eigenvalue weighted by Gasteiger charge is 2.35. The number of hydrogen-bond acceptors (Lipinski definition) is 4. The summed E-state index contributed by atoms with van der Waals surface area (Å²) >= 11 is 5.81. The van der Waals surface area contributed by atoms with Crippen LogP contribution in [0.3, 0.4) is 0 Å². The minimum absolute atomic E-state index is 0.0994. The fraction of sp³-hybridized carbons (Fsp3) is 0.333. The topological polar surface area (TPSA) is 89.2 Å². The van der Waals surface area contributed by atoms with E-state index >= 15 is 0 Å². The summed E-state index contributed by atoms with van der Waals surface area (Å²) in [4.78, 5) is 31.7. The SMILES string of the molecule is NC(=O)C1CC(=O)N(c2nccnc2Cl)C1. The highest BCUT2D eigenvalue weighted by Crippen LogP contribution is 2.27. The van der Waals surface area contributed by atoms with Crippen LogP contribution in [-0.4, -0.2) is 28.3 Å². The van der Waals surface area contributed by atoms with Crippen LogP contribution < -0.4 is 10.6 Å². The first-order valence-electron chi connectivity index (χ1n) is 4.66. The molecular weight excluding hydrogens is 232 g/mol. The Kier molecular flexibility index (Phi) is 2.74. The standard InChI is InChI=1S/C9H9ClN4O2/c10-7-9(13-2-1-12-7)14-4-5(8(11)16)3-6(14)15/h1-2,5H,3-4H2,(H2,11,16). The van der Waals surface area contributed by atoms with Crippen molar-refractivity contribution in [1.82, 2.24) is 9.97 Å². The molecule has 2 amide bonds. The van der Waals surface area contributed by atoms with E-state index in [-0.39, 0.29) is 29.8 Å². The molecule has 2 rings (SSSR count). The Balaban J connectivity index is 2.27. The molecule has 1 aliphatic heterocycles. The molecule has 7 heteroatoms. The van der Waals surface area contributed by atoms with Crippen molar-refractivity contribution in [3.63, 3.8) is 0 Å². The summed E-state index contributed by atoms with van der Waals surface area (Å²) in [5, 5.41) is 0.140. The van der Waals surface area contributed by atoms with Gasteiger partial charge in [0.15, 0.2) is 11.0 Å². The summed E-state index contributed by atoms with van der Waals surface area (Å²) in [5.74, 6) is -0.912. The lowest BCUT2D eigenvalue weighted by molar-refractivity contribution is -0.123. The second kappa shape index (κ2) is 4.05. The van der Waals surface area contributed by atoms with Gasteiger partial charge in [0.2, 0.25) is 11.8 Å². The monoisotopic (exact) mass is 240 g/mol. The van der Waals surface area contributed by atoms with Crippen molar-refractivity contribution in [2.24, 2.45) is 11.7 Å². The number of carbonyl (C=O) groups excluding carboxylic acids is 2. The number of anilines is 1. The van der Waals surface area contributed by atoms with Gasteiger partial charge in [-0.05, 0) is 0 Å². The van der Waals surface area contributed by atoms with Crippen LogP contribution in [0, 0.1) is 5.92 Å². The first-order valence-corrected chi connectivity index (χ1v) is 5.03. The van der Waals surface area contributed by atoms with Crippen molar-refractivity contribution in [3.05, 3.63) is 17.5 Å². The Morgan fingerprint density at radius 3 is 2.75 bits per heavy atom. The molecule has 0 aliphatic carbocycles. The van der Waals surface area contributed by atoms with Gasteiger partial charge in [0.1, 0.15) is 0 Å². The first-order chi connectivity index (χ1) is 7.59. The molecule has 0 saturated carbocycles. The lowest BCUT2D eigenvalue weighted by Crippen LogP contribution is -2.29. The minimum Gasteiger partial charge on any atom is -0.369 e. The normalized spacial score (nSPS) is 20.2. The zero-order valence-corrected chi connectivity index (χ0v) is 9.02. The van der Waals surface area contributed by atoms with Crippen LogP contribution in [0.25, 0.3) is 0 Å². The Labute approximate surface area is 96.4 Å². The number of nitrogens with two attached hydrogens (primary N) is 1. The van der Waals surface area contributed by atoms with Crippen molar-refractivity contribution in [2.75, 3.05) is 11.4 Å². The van der Waals surface area contributed by atoms with E-state index in [0.29, 0.717) is 0 Å². The predicted molar refractivity (Wildman–Crippen MR) is 56.7 cm³/mol. The molecule has 6 nitrogen and oxygen atoms in total. The molecular formula is C9H9ClN4O2. The van der Waals surface area contributed by atoms with Crippen LogP contribution in [0.15, 0.2) is 12.4 Å². The molecule has 0 bridgehead atoms. The number of halogens is 1. The number of amides is 2. The Morgan fingerprint density at radius 1 is 1.50 bits per heavy atom. The maximum Gasteiger partial charge on any atom is 0.229 e. The fourth-order valence-electron chi connectivity index (χ4n) is 1.60. The van der Waals surface area contributed by atoms with Crippen LogP contribution in [0.4, 0.5) is 5.82 Å². The van der Waals surface area contributed by atoms with Gasteiger partial charge < -0.3 is 5.73 Å². The van der Waals surface area contributed by atoms with Gasteiger partial charge >= 0.3 is 0 Å². The van der Waals surface area contributed by atoms with E-state index < -0.39 is 11.8 Å². The third kappa shape index (κ3) is 1.83. The molecule has 84 valence electrons. The molecule has 1 saturated heterocycles. The Hall–Kier alpha value is -1.69. The number of nitrogens with zero attached hydrogens (tertiary/aromatic N) is 3. The minimum atomic E-state index is -0.490. The summed E-state index contributed by atoms with van der Waals surface area (Å²) in [5.41, 5.74) is 5.15. The average Bonchev–Trinajstić information content (AvgIpc) is 2.61. The van der Waals surface area contributed by atoms with Gasteiger partial charge in [0.25, 0.3) is 0 Å². The van der Waals surface area contributed by atoms with Crippen LogP contribution in [-0.2, 0) is 9.59 Å². The molecule has 2 heterocycles. The second-order valence-electron chi connectivity index (χ2n) is 3.48. The summed E-state index contributed by atoms with van der Waals surface area (Å²) in [7, 11) is 0. The van der Waals surface area contributed by atoms with Gasteiger partial charge in [-0.2, -0.15) is 0 Å². The highest BCUT2D eigenvalue weighted by molar-refractivity contribution is 6.32. The average molecular weight is 241 g/mol. The Morgan fingerprint density at radius 2 is 2.19 bits per heavy atom. The van der Waals surface area contributed by atoms with Gasteiger partial charge in [-0.15, -0.1) is 0 Å². The largest absolute Gasteiger partial charge is 0.369 e. The van der Waals surface area contributed by atoms with E-state index in [1.165, 1.54) is 17.3 Å². The van der Waals surface area contributed by atoms with Crippen LogP contribution in [0.2, 0.25) is 5.15 Å². The molecule has 0 spiro atoms. The summed E-state index contributed by atoms with van der Waals surface area (Å²) in [6.07, 6.45) is 2.96. The van der Waals surface area contributed by atoms with Gasteiger partial charge in [0.05, 0.1) is 5.92 Å². The van der Waals surface area contributed by atoms with E-state index in [2.05, 4.69) is 9.97 Å². The zero-order valence-electron chi connectivity index (χ0n) is 8.26. The van der Waals surface area contributed by atoms with E-state index in [1.807, 2.05) is 0 Å². The highest BCUT2D eigenvalue weighted by atomic mass is 35.5. The molecule has 1 unspecified atom stereocenters. The number of primary amides is 1. The van der Waals surface area contributed by atoms with Gasteiger partial charge in [-0.25, -0.2) is 9.97 Å². The smallest absolute Gasteiger partial charge is 0.229 e. The van der Waals surface area contributed by atoms with Crippen molar-refractivity contribution in [2.45, 2.75) is 6.42 Å². The molecule has 1 aromatic heterocycles. The first kappa shape index (κ1) is 10.8. The molecule has 16 heavy (non-hydrogen) atoms. The van der Waals surface area contributed by atoms with E-state index in [0.717, 1.165) is 0 Å². The number of aromatic nitrogens is 2. The number of rotatable bonds is 2. The quantitative estimate of drug-likeness (QED) is 0.786. The second-order valence-corrected chi connectivity index (χ2v) is 3.84. The van der Waals surface area contributed by atoms with Crippen LogP contribution in [0.5, 0.6) is 0 Å². The maximum atomic E-state index is 11.6. The van der Waals surface area contributed by atoms with Crippen molar-refractivity contribution < 1.29 is 9.59 Å². The lowest BCUT2D eigenvalue weighted by atomic mass is 10.1. The van der Waals surface area contributed by atoms with Gasteiger partial charge in [-0.3, -0.25) is 14.5 Å². The Bertz CT molecular complexity index is 451. The van der Waals surface area contributed by atoms with Crippen LogP contribution in [0.1, 0.15) is 6.42 Å². The van der Waals surface area contributed by atoms with Gasteiger partial charge in [-0.1, -0.05) is 11.6 Å².